The molecule has 0 saturated carbocycles. The molecule has 0 radical (unpaired) electrons. The molecule has 1 amide bonds. The van der Waals surface area contributed by atoms with Crippen LogP contribution in [0.5, 0.6) is 0 Å². The minimum absolute atomic E-state index is 0.00995. The van der Waals surface area contributed by atoms with Crippen LogP contribution in [0.25, 0.3) is 0 Å². The van der Waals surface area contributed by atoms with Crippen LogP contribution in [0.1, 0.15) is 39.5 Å². The fourth-order valence-electron chi connectivity index (χ4n) is 2.45. The summed E-state index contributed by atoms with van der Waals surface area (Å²) < 4.78 is 5.30. The molecule has 0 aromatic rings. The zero-order chi connectivity index (χ0) is 14.3. The lowest BCUT2D eigenvalue weighted by Crippen LogP contribution is -2.54. The molecule has 6 heteroatoms. The zero-order valence-corrected chi connectivity index (χ0v) is 11.9. The summed E-state index contributed by atoms with van der Waals surface area (Å²) in [6.45, 7) is 6.33. The topological polar surface area (TPSA) is 88.2 Å². The van der Waals surface area contributed by atoms with E-state index < -0.39 is 5.41 Å². The van der Waals surface area contributed by atoms with Gasteiger partial charge in [-0.2, -0.15) is 0 Å². The second-order valence-corrected chi connectivity index (χ2v) is 4.92. The summed E-state index contributed by atoms with van der Waals surface area (Å²) in [4.78, 5) is 14.6. The van der Waals surface area contributed by atoms with Crippen molar-refractivity contribution in [3.63, 3.8) is 0 Å². The van der Waals surface area contributed by atoms with Gasteiger partial charge in [0.25, 0.3) is 0 Å². The molecule has 0 aromatic heterocycles. The fourth-order valence-corrected chi connectivity index (χ4v) is 2.45. The van der Waals surface area contributed by atoms with E-state index in [2.05, 4.69) is 12.1 Å². The molecule has 6 nitrogen and oxygen atoms in total. The molecular weight excluding hydrogens is 246 g/mol. The first-order valence-electron chi connectivity index (χ1n) is 6.97. The molecule has 1 fully saturated rings. The number of unbranched alkanes of at least 4 members (excludes halogenated alkanes) is 1. The first-order valence-corrected chi connectivity index (χ1v) is 6.97. The number of amides is 1. The maximum absolute atomic E-state index is 12.8. The van der Waals surface area contributed by atoms with Crippen LogP contribution in [0.2, 0.25) is 0 Å². The van der Waals surface area contributed by atoms with E-state index >= 15 is 0 Å². The first-order chi connectivity index (χ1) is 9.12. The Morgan fingerprint density at radius 3 is 2.53 bits per heavy atom. The molecule has 0 atom stereocenters. The third-order valence-electron chi connectivity index (χ3n) is 3.80. The maximum Gasteiger partial charge on any atom is 0.236 e. The van der Waals surface area contributed by atoms with Gasteiger partial charge in [0.1, 0.15) is 5.41 Å². The molecule has 1 heterocycles. The maximum atomic E-state index is 12.8. The van der Waals surface area contributed by atoms with E-state index in [-0.39, 0.29) is 11.7 Å². The number of rotatable bonds is 6. The Morgan fingerprint density at radius 2 is 2.05 bits per heavy atom. The van der Waals surface area contributed by atoms with Crippen LogP contribution in [0, 0.1) is 5.41 Å². The largest absolute Gasteiger partial charge is 0.409 e. The highest BCUT2D eigenvalue weighted by atomic mass is 16.5. The fraction of sp³-hybridized carbons (Fsp3) is 0.846. The van der Waals surface area contributed by atoms with Gasteiger partial charge in [0.2, 0.25) is 5.91 Å². The molecule has 0 bridgehead atoms. The van der Waals surface area contributed by atoms with E-state index in [1.807, 2.05) is 6.92 Å². The highest BCUT2D eigenvalue weighted by molar-refractivity contribution is 6.06. The van der Waals surface area contributed by atoms with Crippen molar-refractivity contribution in [2.75, 3.05) is 26.3 Å². The number of oxime groups is 1. The van der Waals surface area contributed by atoms with Crippen molar-refractivity contribution in [1.82, 2.24) is 4.90 Å². The highest BCUT2D eigenvalue weighted by Gasteiger charge is 2.46. The van der Waals surface area contributed by atoms with Gasteiger partial charge in [0, 0.05) is 26.3 Å². The van der Waals surface area contributed by atoms with Crippen molar-refractivity contribution in [3.8, 4) is 0 Å². The van der Waals surface area contributed by atoms with Crippen molar-refractivity contribution < 1.29 is 14.7 Å². The summed E-state index contributed by atoms with van der Waals surface area (Å²) in [7, 11) is 0. The van der Waals surface area contributed by atoms with Crippen LogP contribution in [0.4, 0.5) is 0 Å². The Morgan fingerprint density at radius 1 is 1.42 bits per heavy atom. The zero-order valence-electron chi connectivity index (χ0n) is 11.9. The second-order valence-electron chi connectivity index (χ2n) is 4.92. The number of hydrogen-bond donors (Lipinski definition) is 2. The lowest BCUT2D eigenvalue weighted by Gasteiger charge is -2.38. The average molecular weight is 271 g/mol. The number of carbonyl (C=O) groups is 1. The third-order valence-corrected chi connectivity index (χ3v) is 3.80. The van der Waals surface area contributed by atoms with Crippen LogP contribution in [-0.2, 0) is 9.53 Å². The summed E-state index contributed by atoms with van der Waals surface area (Å²) in [6, 6.07) is 0. The van der Waals surface area contributed by atoms with Gasteiger partial charge in [-0.15, -0.1) is 0 Å². The van der Waals surface area contributed by atoms with Gasteiger partial charge < -0.3 is 20.6 Å². The number of amidine groups is 1. The van der Waals surface area contributed by atoms with E-state index in [0.29, 0.717) is 39.1 Å². The van der Waals surface area contributed by atoms with Gasteiger partial charge in [0.05, 0.1) is 0 Å². The van der Waals surface area contributed by atoms with Gasteiger partial charge >= 0.3 is 0 Å². The lowest BCUT2D eigenvalue weighted by atomic mass is 9.77. The predicted octanol–water partition coefficient (Wildman–Crippen LogP) is 1.18. The van der Waals surface area contributed by atoms with Crippen molar-refractivity contribution in [1.29, 1.82) is 0 Å². The number of nitrogens with zero attached hydrogens (tertiary/aromatic N) is 2. The highest BCUT2D eigenvalue weighted by Crippen LogP contribution is 2.33. The Bertz CT molecular complexity index is 325. The van der Waals surface area contributed by atoms with Crippen LogP contribution in [0.3, 0.4) is 0 Å². The Kier molecular flexibility index (Phi) is 6.08. The van der Waals surface area contributed by atoms with Crippen LogP contribution >= 0.6 is 0 Å². The third kappa shape index (κ3) is 3.37. The first kappa shape index (κ1) is 15.8. The van der Waals surface area contributed by atoms with Crippen molar-refractivity contribution in [3.05, 3.63) is 0 Å². The quantitative estimate of drug-likeness (QED) is 0.328. The summed E-state index contributed by atoms with van der Waals surface area (Å²) >= 11 is 0. The predicted molar refractivity (Wildman–Crippen MR) is 73.1 cm³/mol. The van der Waals surface area contributed by atoms with Gasteiger partial charge in [-0.1, -0.05) is 18.5 Å². The standard InChI is InChI=1S/C13H25N3O3/c1-3-5-8-16(4-2)12(17)13(11(14)15-18)6-9-19-10-7-13/h18H,3-10H2,1-2H3,(H2,14,15). The van der Waals surface area contributed by atoms with Gasteiger partial charge in [-0.05, 0) is 26.2 Å². The molecular formula is C13H25N3O3. The van der Waals surface area contributed by atoms with E-state index in [1.54, 1.807) is 4.90 Å². The van der Waals surface area contributed by atoms with Gasteiger partial charge in [-0.3, -0.25) is 4.79 Å². The molecule has 1 aliphatic heterocycles. The Balaban J connectivity index is 2.93. The normalized spacial score (nSPS) is 19.2. The van der Waals surface area contributed by atoms with Gasteiger partial charge in [0.15, 0.2) is 5.84 Å². The Labute approximate surface area is 114 Å². The van der Waals surface area contributed by atoms with Crippen LogP contribution < -0.4 is 5.73 Å². The summed E-state index contributed by atoms with van der Waals surface area (Å²) in [6.07, 6.45) is 2.94. The number of hydrogen-bond acceptors (Lipinski definition) is 4. The molecule has 1 aliphatic rings. The molecule has 0 aromatic carbocycles. The van der Waals surface area contributed by atoms with E-state index in [0.717, 1.165) is 12.8 Å². The molecule has 19 heavy (non-hydrogen) atoms. The van der Waals surface area contributed by atoms with E-state index in [9.17, 15) is 4.79 Å². The van der Waals surface area contributed by atoms with Crippen molar-refractivity contribution >= 4 is 11.7 Å². The smallest absolute Gasteiger partial charge is 0.236 e. The van der Waals surface area contributed by atoms with Crippen molar-refractivity contribution in [2.45, 2.75) is 39.5 Å². The molecule has 0 aliphatic carbocycles. The number of ether oxygens (including phenoxy) is 1. The molecule has 1 rings (SSSR count). The van der Waals surface area contributed by atoms with Gasteiger partial charge in [-0.25, -0.2) is 0 Å². The monoisotopic (exact) mass is 271 g/mol. The molecule has 1 saturated heterocycles. The lowest BCUT2D eigenvalue weighted by molar-refractivity contribution is -0.142. The minimum atomic E-state index is -0.892. The summed E-state index contributed by atoms with van der Waals surface area (Å²) in [5.74, 6) is -0.0298. The summed E-state index contributed by atoms with van der Waals surface area (Å²) in [5, 5.41) is 12.1. The Hall–Kier alpha value is -1.30. The van der Waals surface area contributed by atoms with Crippen molar-refractivity contribution in [2.24, 2.45) is 16.3 Å². The second kappa shape index (κ2) is 7.33. The minimum Gasteiger partial charge on any atom is -0.409 e. The molecule has 110 valence electrons. The van der Waals surface area contributed by atoms with E-state index in [4.69, 9.17) is 15.7 Å². The molecule has 0 unspecified atom stereocenters. The number of carbonyl (C=O) groups excluding carboxylic acids is 1. The van der Waals surface area contributed by atoms with Crippen LogP contribution in [-0.4, -0.2) is 48.2 Å². The van der Waals surface area contributed by atoms with Crippen LogP contribution in [0.15, 0.2) is 5.16 Å². The van der Waals surface area contributed by atoms with E-state index in [1.165, 1.54) is 0 Å². The summed E-state index contributed by atoms with van der Waals surface area (Å²) in [5.41, 5.74) is 4.91. The molecule has 3 N–H and O–H groups in total. The average Bonchev–Trinajstić information content (AvgIpc) is 2.47. The SMILES string of the molecule is CCCCN(CC)C(=O)C1(C(N)=NO)CCOCC1. The number of nitrogens with two attached hydrogens (primary N) is 1. The molecule has 0 spiro atoms.